The predicted molar refractivity (Wildman–Crippen MR) is 71.2 cm³/mol. The van der Waals surface area contributed by atoms with Gasteiger partial charge in [-0.2, -0.15) is 5.10 Å². The molecule has 0 saturated carbocycles. The van der Waals surface area contributed by atoms with Crippen LogP contribution in [0.1, 0.15) is 12.0 Å². The molecule has 0 atom stereocenters. The zero-order valence-electron chi connectivity index (χ0n) is 8.61. The summed E-state index contributed by atoms with van der Waals surface area (Å²) >= 11 is 6.78. The molecule has 2 aromatic heterocycles. The number of rotatable bonds is 4. The Bertz CT molecular complexity index is 451. The third kappa shape index (κ3) is 2.92. The first-order valence-electron chi connectivity index (χ1n) is 5.01. The zero-order chi connectivity index (χ0) is 11.4. The molecule has 0 aromatic carbocycles. The average Bonchev–Trinajstić information content (AvgIpc) is 2.76. The Morgan fingerprint density at radius 3 is 2.81 bits per heavy atom. The number of pyridine rings is 1. The minimum absolute atomic E-state index is 0.841. The van der Waals surface area contributed by atoms with E-state index >= 15 is 0 Å². The van der Waals surface area contributed by atoms with E-state index in [2.05, 4.69) is 41.9 Å². The first-order valence-corrected chi connectivity index (χ1v) is 6.92. The SMILES string of the molecule is BrCCCc1cnn(-c2ccc(Br)cn2)c1. The van der Waals surface area contributed by atoms with E-state index in [9.17, 15) is 0 Å². The molecule has 0 bridgehead atoms. The van der Waals surface area contributed by atoms with Crippen LogP contribution in [-0.2, 0) is 6.42 Å². The number of nitrogens with zero attached hydrogens (tertiary/aromatic N) is 3. The van der Waals surface area contributed by atoms with Crippen molar-refractivity contribution in [3.8, 4) is 5.82 Å². The van der Waals surface area contributed by atoms with E-state index in [4.69, 9.17) is 0 Å². The van der Waals surface area contributed by atoms with Crippen molar-refractivity contribution in [2.45, 2.75) is 12.8 Å². The van der Waals surface area contributed by atoms with Crippen molar-refractivity contribution >= 4 is 31.9 Å². The van der Waals surface area contributed by atoms with E-state index in [1.165, 1.54) is 5.56 Å². The molecule has 0 aliphatic carbocycles. The zero-order valence-corrected chi connectivity index (χ0v) is 11.8. The van der Waals surface area contributed by atoms with E-state index in [-0.39, 0.29) is 0 Å². The fourth-order valence-electron chi connectivity index (χ4n) is 1.39. The largest absolute Gasteiger partial charge is 0.236 e. The third-order valence-electron chi connectivity index (χ3n) is 2.18. The van der Waals surface area contributed by atoms with Crippen molar-refractivity contribution in [1.82, 2.24) is 14.8 Å². The second-order valence-electron chi connectivity index (χ2n) is 3.42. The summed E-state index contributed by atoms with van der Waals surface area (Å²) < 4.78 is 2.78. The van der Waals surface area contributed by atoms with Gasteiger partial charge in [-0.05, 0) is 46.5 Å². The van der Waals surface area contributed by atoms with Gasteiger partial charge in [0.1, 0.15) is 0 Å². The van der Waals surface area contributed by atoms with Crippen molar-refractivity contribution in [2.75, 3.05) is 5.33 Å². The topological polar surface area (TPSA) is 30.7 Å². The highest BCUT2D eigenvalue weighted by atomic mass is 79.9. The number of hydrogen-bond donors (Lipinski definition) is 0. The Hall–Kier alpha value is -0.680. The Morgan fingerprint density at radius 2 is 2.12 bits per heavy atom. The van der Waals surface area contributed by atoms with Crippen molar-refractivity contribution in [3.63, 3.8) is 0 Å². The van der Waals surface area contributed by atoms with Gasteiger partial charge in [0.15, 0.2) is 5.82 Å². The van der Waals surface area contributed by atoms with Gasteiger partial charge in [0, 0.05) is 22.2 Å². The molecule has 0 N–H and O–H groups in total. The average molecular weight is 345 g/mol. The summed E-state index contributed by atoms with van der Waals surface area (Å²) in [7, 11) is 0. The summed E-state index contributed by atoms with van der Waals surface area (Å²) in [6.07, 6.45) is 7.86. The fourth-order valence-corrected chi connectivity index (χ4v) is 1.90. The van der Waals surface area contributed by atoms with E-state index in [0.29, 0.717) is 0 Å². The summed E-state index contributed by atoms with van der Waals surface area (Å²) in [6.45, 7) is 0. The van der Waals surface area contributed by atoms with Gasteiger partial charge in [-0.3, -0.25) is 0 Å². The summed E-state index contributed by atoms with van der Waals surface area (Å²) in [5, 5.41) is 5.32. The quantitative estimate of drug-likeness (QED) is 0.796. The molecule has 0 saturated heterocycles. The normalized spacial score (nSPS) is 10.6. The molecule has 0 spiro atoms. The van der Waals surface area contributed by atoms with Gasteiger partial charge in [-0.25, -0.2) is 9.67 Å². The molecule has 3 nitrogen and oxygen atoms in total. The second kappa shape index (κ2) is 5.59. The van der Waals surface area contributed by atoms with E-state index in [1.54, 1.807) is 10.9 Å². The molecule has 0 radical (unpaired) electrons. The molecular weight excluding hydrogens is 334 g/mol. The Morgan fingerprint density at radius 1 is 1.25 bits per heavy atom. The first kappa shape index (κ1) is 11.8. The summed E-state index contributed by atoms with van der Waals surface area (Å²) in [5.74, 6) is 0.841. The highest BCUT2D eigenvalue weighted by Crippen LogP contribution is 2.11. The number of aromatic nitrogens is 3. The molecule has 0 unspecified atom stereocenters. The Labute approximate surface area is 111 Å². The van der Waals surface area contributed by atoms with Crippen molar-refractivity contribution < 1.29 is 0 Å². The van der Waals surface area contributed by atoms with Gasteiger partial charge >= 0.3 is 0 Å². The molecule has 0 aliphatic rings. The molecule has 0 fully saturated rings. The Kier molecular flexibility index (Phi) is 4.12. The van der Waals surface area contributed by atoms with Crippen molar-refractivity contribution in [3.05, 3.63) is 40.8 Å². The minimum Gasteiger partial charge on any atom is -0.236 e. The van der Waals surface area contributed by atoms with E-state index < -0.39 is 0 Å². The summed E-state index contributed by atoms with van der Waals surface area (Å²) in [4.78, 5) is 4.29. The monoisotopic (exact) mass is 343 g/mol. The lowest BCUT2D eigenvalue weighted by atomic mass is 10.2. The van der Waals surface area contributed by atoms with Crippen LogP contribution in [0, 0.1) is 0 Å². The molecule has 84 valence electrons. The highest BCUT2D eigenvalue weighted by molar-refractivity contribution is 9.10. The lowest BCUT2D eigenvalue weighted by Gasteiger charge is -1.99. The van der Waals surface area contributed by atoms with Crippen LogP contribution >= 0.6 is 31.9 Å². The van der Waals surface area contributed by atoms with Crippen LogP contribution < -0.4 is 0 Å². The van der Waals surface area contributed by atoms with Gasteiger partial charge < -0.3 is 0 Å². The molecule has 5 heteroatoms. The van der Waals surface area contributed by atoms with E-state index in [0.717, 1.165) is 28.5 Å². The van der Waals surface area contributed by atoms with Gasteiger partial charge in [-0.15, -0.1) is 0 Å². The smallest absolute Gasteiger partial charge is 0.153 e. The molecule has 2 aromatic rings. The van der Waals surface area contributed by atoms with E-state index in [1.807, 2.05) is 24.5 Å². The summed E-state index contributed by atoms with van der Waals surface area (Å²) in [5.41, 5.74) is 1.24. The van der Waals surface area contributed by atoms with Crippen LogP contribution in [0.5, 0.6) is 0 Å². The van der Waals surface area contributed by atoms with Gasteiger partial charge in [0.25, 0.3) is 0 Å². The molecule has 16 heavy (non-hydrogen) atoms. The van der Waals surface area contributed by atoms with Crippen LogP contribution in [0.3, 0.4) is 0 Å². The predicted octanol–water partition coefficient (Wildman–Crippen LogP) is 3.36. The minimum atomic E-state index is 0.841. The van der Waals surface area contributed by atoms with Crippen LogP contribution in [0.4, 0.5) is 0 Å². The molecule has 2 heterocycles. The van der Waals surface area contributed by atoms with Crippen LogP contribution in [-0.4, -0.2) is 20.1 Å². The molecular formula is C11H11Br2N3. The maximum atomic E-state index is 4.29. The second-order valence-corrected chi connectivity index (χ2v) is 5.13. The van der Waals surface area contributed by atoms with Crippen LogP contribution in [0.25, 0.3) is 5.82 Å². The molecule has 0 amide bonds. The van der Waals surface area contributed by atoms with Crippen molar-refractivity contribution in [1.29, 1.82) is 0 Å². The summed E-state index contributed by atoms with van der Waals surface area (Å²) in [6, 6.07) is 3.90. The van der Waals surface area contributed by atoms with Crippen molar-refractivity contribution in [2.24, 2.45) is 0 Å². The fraction of sp³-hybridized carbons (Fsp3) is 0.273. The lowest BCUT2D eigenvalue weighted by molar-refractivity contribution is 0.844. The maximum absolute atomic E-state index is 4.29. The number of halogens is 2. The van der Waals surface area contributed by atoms with Crippen LogP contribution in [0.2, 0.25) is 0 Å². The van der Waals surface area contributed by atoms with Gasteiger partial charge in [-0.1, -0.05) is 15.9 Å². The lowest BCUT2D eigenvalue weighted by Crippen LogP contribution is -1.96. The molecule has 0 aliphatic heterocycles. The van der Waals surface area contributed by atoms with Gasteiger partial charge in [0.05, 0.1) is 6.20 Å². The standard InChI is InChI=1S/C11H11Br2N3/c12-5-1-2-9-6-15-16(8-9)11-4-3-10(13)7-14-11/h3-4,6-8H,1-2,5H2. The van der Waals surface area contributed by atoms with Gasteiger partial charge in [0.2, 0.25) is 0 Å². The number of hydrogen-bond acceptors (Lipinski definition) is 2. The first-order chi connectivity index (χ1) is 7.79. The highest BCUT2D eigenvalue weighted by Gasteiger charge is 2.01. The molecule has 2 rings (SSSR count). The third-order valence-corrected chi connectivity index (χ3v) is 3.21. The van der Waals surface area contributed by atoms with Crippen LogP contribution in [0.15, 0.2) is 35.2 Å². The number of aryl methyl sites for hydroxylation is 1. The maximum Gasteiger partial charge on any atom is 0.153 e. The number of alkyl halides is 1. The Balaban J connectivity index is 2.15.